The first-order valence-corrected chi connectivity index (χ1v) is 7.40. The molecule has 1 aromatic carbocycles. The van der Waals surface area contributed by atoms with Crippen molar-refractivity contribution in [1.29, 1.82) is 0 Å². The minimum atomic E-state index is -0.273. The third-order valence-electron chi connectivity index (χ3n) is 4.08. The summed E-state index contributed by atoms with van der Waals surface area (Å²) in [5.74, 6) is 0. The van der Waals surface area contributed by atoms with Gasteiger partial charge >= 0.3 is 0 Å². The summed E-state index contributed by atoms with van der Waals surface area (Å²) in [5, 5.41) is 9.99. The number of rotatable bonds is 5. The van der Waals surface area contributed by atoms with Crippen LogP contribution in [0.4, 0.5) is 0 Å². The number of aliphatic hydroxyl groups excluding tert-OH is 1. The quantitative estimate of drug-likeness (QED) is 0.822. The molecule has 0 bridgehead atoms. The first-order valence-electron chi connectivity index (χ1n) is 7.40. The van der Waals surface area contributed by atoms with E-state index in [1.807, 2.05) is 6.07 Å². The molecule has 0 aromatic heterocycles. The first kappa shape index (κ1) is 14.5. The SMILES string of the molecule is CC1(C)CCC(O)C(OCCCc2ccccc2)C1. The molecule has 1 aliphatic rings. The van der Waals surface area contributed by atoms with Gasteiger partial charge in [0.2, 0.25) is 0 Å². The number of ether oxygens (including phenoxy) is 1. The normalized spacial score (nSPS) is 26.3. The minimum absolute atomic E-state index is 0.0273. The maximum absolute atomic E-state index is 9.99. The molecule has 1 aromatic rings. The lowest BCUT2D eigenvalue weighted by molar-refractivity contribution is -0.0861. The van der Waals surface area contributed by atoms with E-state index in [9.17, 15) is 5.11 Å². The molecule has 0 radical (unpaired) electrons. The van der Waals surface area contributed by atoms with Crippen LogP contribution in [0.2, 0.25) is 0 Å². The van der Waals surface area contributed by atoms with Gasteiger partial charge in [-0.05, 0) is 43.1 Å². The minimum Gasteiger partial charge on any atom is -0.390 e. The summed E-state index contributed by atoms with van der Waals surface area (Å²) in [7, 11) is 0. The zero-order chi connectivity index (χ0) is 13.7. The van der Waals surface area contributed by atoms with Gasteiger partial charge in [0.25, 0.3) is 0 Å². The van der Waals surface area contributed by atoms with E-state index in [2.05, 4.69) is 38.1 Å². The summed E-state index contributed by atoms with van der Waals surface area (Å²) >= 11 is 0. The van der Waals surface area contributed by atoms with Gasteiger partial charge in [0.15, 0.2) is 0 Å². The molecule has 106 valence electrons. The van der Waals surface area contributed by atoms with Gasteiger partial charge in [0.1, 0.15) is 0 Å². The third kappa shape index (κ3) is 4.63. The molecule has 1 saturated carbocycles. The number of hydrogen-bond donors (Lipinski definition) is 1. The Hall–Kier alpha value is -0.860. The Morgan fingerprint density at radius 1 is 1.26 bits per heavy atom. The van der Waals surface area contributed by atoms with Crippen molar-refractivity contribution in [3.63, 3.8) is 0 Å². The van der Waals surface area contributed by atoms with E-state index in [0.29, 0.717) is 5.41 Å². The van der Waals surface area contributed by atoms with Crippen molar-refractivity contribution in [3.05, 3.63) is 35.9 Å². The highest BCUT2D eigenvalue weighted by Gasteiger charge is 2.34. The van der Waals surface area contributed by atoms with E-state index >= 15 is 0 Å². The molecule has 0 spiro atoms. The fourth-order valence-electron chi connectivity index (χ4n) is 2.83. The maximum Gasteiger partial charge on any atom is 0.0839 e. The zero-order valence-electron chi connectivity index (χ0n) is 12.1. The molecule has 0 amide bonds. The predicted molar refractivity (Wildman–Crippen MR) is 78.1 cm³/mol. The first-order chi connectivity index (χ1) is 9.07. The van der Waals surface area contributed by atoms with Crippen LogP contribution in [0.1, 0.15) is 45.1 Å². The lowest BCUT2D eigenvalue weighted by Crippen LogP contribution is -2.39. The fourth-order valence-corrected chi connectivity index (χ4v) is 2.83. The molecule has 1 aliphatic carbocycles. The van der Waals surface area contributed by atoms with Crippen LogP contribution >= 0.6 is 0 Å². The molecule has 2 rings (SSSR count). The Morgan fingerprint density at radius 2 is 2.00 bits per heavy atom. The van der Waals surface area contributed by atoms with E-state index in [1.54, 1.807) is 0 Å². The Morgan fingerprint density at radius 3 is 2.74 bits per heavy atom. The van der Waals surface area contributed by atoms with Gasteiger partial charge in [-0.1, -0.05) is 44.2 Å². The van der Waals surface area contributed by atoms with Crippen LogP contribution in [-0.4, -0.2) is 23.9 Å². The van der Waals surface area contributed by atoms with E-state index < -0.39 is 0 Å². The van der Waals surface area contributed by atoms with Crippen LogP contribution in [0.5, 0.6) is 0 Å². The summed E-state index contributed by atoms with van der Waals surface area (Å²) in [4.78, 5) is 0. The van der Waals surface area contributed by atoms with E-state index in [4.69, 9.17) is 4.74 Å². The van der Waals surface area contributed by atoms with Crippen LogP contribution < -0.4 is 0 Å². The summed E-state index contributed by atoms with van der Waals surface area (Å²) < 4.78 is 5.90. The molecule has 1 N–H and O–H groups in total. The van der Waals surface area contributed by atoms with Crippen molar-refractivity contribution >= 4 is 0 Å². The largest absolute Gasteiger partial charge is 0.390 e. The molecule has 19 heavy (non-hydrogen) atoms. The highest BCUT2D eigenvalue weighted by Crippen LogP contribution is 2.36. The van der Waals surface area contributed by atoms with Crippen LogP contribution in [0.3, 0.4) is 0 Å². The highest BCUT2D eigenvalue weighted by atomic mass is 16.5. The molecular formula is C17H26O2. The van der Waals surface area contributed by atoms with Gasteiger partial charge in [-0.2, -0.15) is 0 Å². The summed E-state index contributed by atoms with van der Waals surface area (Å²) in [6, 6.07) is 10.5. The van der Waals surface area contributed by atoms with Gasteiger partial charge in [-0.3, -0.25) is 0 Å². The lowest BCUT2D eigenvalue weighted by Gasteiger charge is -2.38. The van der Waals surface area contributed by atoms with Crippen LogP contribution in [0.25, 0.3) is 0 Å². The smallest absolute Gasteiger partial charge is 0.0839 e. The second-order valence-electron chi connectivity index (χ2n) is 6.47. The van der Waals surface area contributed by atoms with Crippen molar-refractivity contribution < 1.29 is 9.84 Å². The summed E-state index contributed by atoms with van der Waals surface area (Å²) in [6.07, 6.45) is 4.76. The second-order valence-corrected chi connectivity index (χ2v) is 6.47. The molecule has 1 fully saturated rings. The van der Waals surface area contributed by atoms with Crippen molar-refractivity contribution in [2.24, 2.45) is 5.41 Å². The molecule has 2 unspecified atom stereocenters. The average molecular weight is 262 g/mol. The van der Waals surface area contributed by atoms with Crippen LogP contribution in [-0.2, 0) is 11.2 Å². The van der Waals surface area contributed by atoms with Gasteiger partial charge in [-0.15, -0.1) is 0 Å². The Labute approximate surface area is 116 Å². The second kappa shape index (κ2) is 6.53. The molecular weight excluding hydrogens is 236 g/mol. The van der Waals surface area contributed by atoms with Gasteiger partial charge < -0.3 is 9.84 Å². The zero-order valence-corrected chi connectivity index (χ0v) is 12.1. The van der Waals surface area contributed by atoms with Crippen LogP contribution in [0, 0.1) is 5.41 Å². The lowest BCUT2D eigenvalue weighted by atomic mass is 9.75. The van der Waals surface area contributed by atoms with Crippen molar-refractivity contribution in [3.8, 4) is 0 Å². The molecule has 0 heterocycles. The van der Waals surface area contributed by atoms with E-state index in [-0.39, 0.29) is 12.2 Å². The van der Waals surface area contributed by atoms with E-state index in [0.717, 1.165) is 38.7 Å². The maximum atomic E-state index is 9.99. The van der Waals surface area contributed by atoms with Crippen molar-refractivity contribution in [2.45, 2.75) is 58.2 Å². The van der Waals surface area contributed by atoms with Gasteiger partial charge in [0.05, 0.1) is 12.2 Å². The van der Waals surface area contributed by atoms with Gasteiger partial charge in [-0.25, -0.2) is 0 Å². The molecule has 0 aliphatic heterocycles. The number of hydrogen-bond acceptors (Lipinski definition) is 2. The van der Waals surface area contributed by atoms with Crippen LogP contribution in [0.15, 0.2) is 30.3 Å². The summed E-state index contributed by atoms with van der Waals surface area (Å²) in [5.41, 5.74) is 1.67. The Bertz CT molecular complexity index is 372. The van der Waals surface area contributed by atoms with Crippen molar-refractivity contribution in [2.75, 3.05) is 6.61 Å². The topological polar surface area (TPSA) is 29.5 Å². The monoisotopic (exact) mass is 262 g/mol. The number of aliphatic hydroxyl groups is 1. The standard InChI is InChI=1S/C17H26O2/c1-17(2)11-10-15(18)16(13-17)19-12-6-9-14-7-4-3-5-8-14/h3-5,7-8,15-16,18H,6,9-13H2,1-2H3. The van der Waals surface area contributed by atoms with Crippen molar-refractivity contribution in [1.82, 2.24) is 0 Å². The molecule has 2 atom stereocenters. The molecule has 0 saturated heterocycles. The third-order valence-corrected chi connectivity index (χ3v) is 4.08. The summed E-state index contributed by atoms with van der Waals surface area (Å²) in [6.45, 7) is 5.27. The van der Waals surface area contributed by atoms with Gasteiger partial charge in [0, 0.05) is 6.61 Å². The molecule has 2 nitrogen and oxygen atoms in total. The highest BCUT2D eigenvalue weighted by molar-refractivity contribution is 5.14. The average Bonchev–Trinajstić information content (AvgIpc) is 2.40. The Balaban J connectivity index is 1.70. The predicted octanol–water partition coefficient (Wildman–Crippen LogP) is 3.58. The molecule has 2 heteroatoms. The fraction of sp³-hybridized carbons (Fsp3) is 0.647. The Kier molecular flexibility index (Phi) is 5.00. The number of benzene rings is 1. The number of aryl methyl sites for hydroxylation is 1. The van der Waals surface area contributed by atoms with E-state index in [1.165, 1.54) is 5.56 Å².